The van der Waals surface area contributed by atoms with Gasteiger partial charge in [0.05, 0.1) is 31.0 Å². The topological polar surface area (TPSA) is 100 Å². The summed E-state index contributed by atoms with van der Waals surface area (Å²) in [6.45, 7) is 1.58. The number of nitrogens with two attached hydrogens (primary N) is 2. The molecule has 4 rings (SSSR count). The van der Waals surface area contributed by atoms with E-state index in [1.54, 1.807) is 18.7 Å². The molecule has 0 radical (unpaired) electrons. The van der Waals surface area contributed by atoms with Gasteiger partial charge < -0.3 is 20.6 Å². The highest BCUT2D eigenvalue weighted by Crippen LogP contribution is 2.32. The molecule has 2 aromatic heterocycles. The van der Waals surface area contributed by atoms with Crippen molar-refractivity contribution >= 4 is 12.4 Å². The summed E-state index contributed by atoms with van der Waals surface area (Å²) in [5.41, 5.74) is 18.0. The maximum Gasteiger partial charge on any atom is 0.232 e. The molecule has 0 saturated carbocycles. The second-order valence-corrected chi connectivity index (χ2v) is 6.89. The minimum atomic E-state index is 0. The quantitative estimate of drug-likeness (QED) is 0.389. The first kappa shape index (κ1) is 22.5. The van der Waals surface area contributed by atoms with E-state index < -0.39 is 0 Å². The summed E-state index contributed by atoms with van der Waals surface area (Å²) in [5.74, 6) is 0.486. The van der Waals surface area contributed by atoms with Crippen molar-refractivity contribution in [2.75, 3.05) is 13.2 Å². The SMILES string of the molecule is Cl.NCCCOc1cnc(-c2ccc(CN)cc2)c(-c2ccc(-c3ccoc3)cc2)n1. The van der Waals surface area contributed by atoms with Gasteiger partial charge in [-0.05, 0) is 30.2 Å². The molecule has 160 valence electrons. The van der Waals surface area contributed by atoms with Crippen molar-refractivity contribution in [3.63, 3.8) is 0 Å². The molecule has 0 spiro atoms. The minimum Gasteiger partial charge on any atom is -0.477 e. The zero-order valence-electron chi connectivity index (χ0n) is 17.0. The predicted molar refractivity (Wildman–Crippen MR) is 125 cm³/mol. The summed E-state index contributed by atoms with van der Waals surface area (Å²) in [4.78, 5) is 9.42. The van der Waals surface area contributed by atoms with Gasteiger partial charge >= 0.3 is 0 Å². The van der Waals surface area contributed by atoms with Crippen molar-refractivity contribution in [1.82, 2.24) is 9.97 Å². The molecular weight excluding hydrogens is 412 g/mol. The average molecular weight is 437 g/mol. The van der Waals surface area contributed by atoms with Crippen LogP contribution in [0.4, 0.5) is 0 Å². The monoisotopic (exact) mass is 436 g/mol. The third-order valence-electron chi connectivity index (χ3n) is 4.82. The van der Waals surface area contributed by atoms with Crippen LogP contribution in [0.15, 0.2) is 77.7 Å². The molecule has 0 aliphatic heterocycles. The maximum atomic E-state index is 5.74. The van der Waals surface area contributed by atoms with Gasteiger partial charge in [-0.15, -0.1) is 12.4 Å². The molecule has 31 heavy (non-hydrogen) atoms. The molecule has 6 nitrogen and oxygen atoms in total. The van der Waals surface area contributed by atoms with Crippen molar-refractivity contribution in [3.05, 3.63) is 78.9 Å². The summed E-state index contributed by atoms with van der Waals surface area (Å²) in [6.07, 6.45) is 5.82. The van der Waals surface area contributed by atoms with Crippen LogP contribution in [0.5, 0.6) is 5.88 Å². The normalized spacial score (nSPS) is 10.5. The summed E-state index contributed by atoms with van der Waals surface area (Å²) in [6, 6.07) is 18.2. The third-order valence-corrected chi connectivity index (χ3v) is 4.82. The molecule has 0 aliphatic rings. The molecule has 4 N–H and O–H groups in total. The number of aromatic nitrogens is 2. The fraction of sp³-hybridized carbons (Fsp3) is 0.167. The second-order valence-electron chi connectivity index (χ2n) is 6.89. The molecule has 0 bridgehead atoms. The fourth-order valence-electron chi connectivity index (χ4n) is 3.16. The lowest BCUT2D eigenvalue weighted by atomic mass is 10.0. The van der Waals surface area contributed by atoms with E-state index in [1.165, 1.54) is 0 Å². The molecule has 0 amide bonds. The zero-order chi connectivity index (χ0) is 20.8. The Morgan fingerprint density at radius 1 is 0.806 bits per heavy atom. The molecule has 0 unspecified atom stereocenters. The van der Waals surface area contributed by atoms with E-state index in [9.17, 15) is 0 Å². The minimum absolute atomic E-state index is 0. The Kier molecular flexibility index (Phi) is 7.78. The first-order valence-corrected chi connectivity index (χ1v) is 9.91. The summed E-state index contributed by atoms with van der Waals surface area (Å²) in [7, 11) is 0. The molecule has 0 atom stereocenters. The Morgan fingerprint density at radius 2 is 1.48 bits per heavy atom. The number of hydrogen-bond acceptors (Lipinski definition) is 6. The number of halogens is 1. The van der Waals surface area contributed by atoms with Crippen molar-refractivity contribution in [3.8, 4) is 39.5 Å². The second kappa shape index (κ2) is 10.7. The Labute approximate surface area is 187 Å². The Bertz CT molecular complexity index is 1080. The summed E-state index contributed by atoms with van der Waals surface area (Å²) in [5, 5.41) is 0. The van der Waals surface area contributed by atoms with Crippen LogP contribution < -0.4 is 16.2 Å². The highest BCUT2D eigenvalue weighted by atomic mass is 35.5. The van der Waals surface area contributed by atoms with E-state index >= 15 is 0 Å². The van der Waals surface area contributed by atoms with E-state index in [0.717, 1.165) is 45.6 Å². The van der Waals surface area contributed by atoms with Crippen molar-refractivity contribution < 1.29 is 9.15 Å². The maximum absolute atomic E-state index is 5.74. The van der Waals surface area contributed by atoms with E-state index in [-0.39, 0.29) is 12.4 Å². The first-order valence-electron chi connectivity index (χ1n) is 9.91. The van der Waals surface area contributed by atoms with Crippen LogP contribution in [0, 0.1) is 0 Å². The van der Waals surface area contributed by atoms with Crippen LogP contribution in [0.2, 0.25) is 0 Å². The van der Waals surface area contributed by atoms with E-state index in [1.807, 2.05) is 54.6 Å². The lowest BCUT2D eigenvalue weighted by Crippen LogP contribution is -2.07. The lowest BCUT2D eigenvalue weighted by Gasteiger charge is -2.12. The Morgan fingerprint density at radius 3 is 2.13 bits per heavy atom. The first-order chi connectivity index (χ1) is 14.8. The zero-order valence-corrected chi connectivity index (χ0v) is 17.8. The van der Waals surface area contributed by atoms with Crippen LogP contribution in [0.25, 0.3) is 33.6 Å². The molecule has 7 heteroatoms. The number of hydrogen-bond donors (Lipinski definition) is 2. The van der Waals surface area contributed by atoms with Gasteiger partial charge in [-0.25, -0.2) is 9.97 Å². The highest BCUT2D eigenvalue weighted by Gasteiger charge is 2.14. The molecule has 0 saturated heterocycles. The Hall–Kier alpha value is -3.19. The van der Waals surface area contributed by atoms with Crippen LogP contribution >= 0.6 is 12.4 Å². The van der Waals surface area contributed by atoms with Gasteiger partial charge in [-0.2, -0.15) is 0 Å². The van der Waals surface area contributed by atoms with Gasteiger partial charge in [-0.3, -0.25) is 0 Å². The van der Waals surface area contributed by atoms with Crippen molar-refractivity contribution in [2.45, 2.75) is 13.0 Å². The number of ether oxygens (including phenoxy) is 1. The van der Waals surface area contributed by atoms with Crippen LogP contribution in [-0.4, -0.2) is 23.1 Å². The smallest absolute Gasteiger partial charge is 0.232 e. The van der Waals surface area contributed by atoms with Crippen molar-refractivity contribution in [1.29, 1.82) is 0 Å². The van der Waals surface area contributed by atoms with Gasteiger partial charge in [0, 0.05) is 23.2 Å². The molecule has 2 aromatic carbocycles. The molecular formula is C24H25ClN4O2. The fourth-order valence-corrected chi connectivity index (χ4v) is 3.16. The van der Waals surface area contributed by atoms with Gasteiger partial charge in [0.1, 0.15) is 5.69 Å². The van der Waals surface area contributed by atoms with E-state index in [4.69, 9.17) is 25.6 Å². The lowest BCUT2D eigenvalue weighted by molar-refractivity contribution is 0.300. The van der Waals surface area contributed by atoms with Crippen LogP contribution in [0.1, 0.15) is 12.0 Å². The van der Waals surface area contributed by atoms with E-state index in [0.29, 0.717) is 25.6 Å². The van der Waals surface area contributed by atoms with Gasteiger partial charge in [0.15, 0.2) is 0 Å². The number of furan rings is 1. The highest BCUT2D eigenvalue weighted by molar-refractivity contribution is 5.85. The van der Waals surface area contributed by atoms with Crippen LogP contribution in [0.3, 0.4) is 0 Å². The summed E-state index contributed by atoms with van der Waals surface area (Å²) >= 11 is 0. The van der Waals surface area contributed by atoms with Gasteiger partial charge in [0.2, 0.25) is 5.88 Å². The molecule has 4 aromatic rings. The number of rotatable bonds is 8. The van der Waals surface area contributed by atoms with Crippen molar-refractivity contribution in [2.24, 2.45) is 11.5 Å². The van der Waals surface area contributed by atoms with E-state index in [2.05, 4.69) is 4.98 Å². The van der Waals surface area contributed by atoms with Gasteiger partial charge in [0.25, 0.3) is 0 Å². The third kappa shape index (κ3) is 5.30. The largest absolute Gasteiger partial charge is 0.477 e. The summed E-state index contributed by atoms with van der Waals surface area (Å²) < 4.78 is 10.9. The molecule has 0 aliphatic carbocycles. The van der Waals surface area contributed by atoms with Gasteiger partial charge in [-0.1, -0.05) is 48.5 Å². The predicted octanol–water partition coefficient (Wildman–Crippen LogP) is 4.68. The average Bonchev–Trinajstić information content (AvgIpc) is 3.34. The number of nitrogens with zero attached hydrogens (tertiary/aromatic N) is 2. The van der Waals surface area contributed by atoms with Crippen LogP contribution in [-0.2, 0) is 6.54 Å². The number of benzene rings is 2. The molecule has 2 heterocycles. The molecule has 0 fully saturated rings. The standard InChI is InChI=1S/C24H24N4O2.ClH/c25-11-1-12-30-22-15-27-23(19-4-2-17(14-26)3-5-19)24(28-22)20-8-6-18(7-9-20)21-10-13-29-16-21;/h2-10,13,15-16H,1,11-12,14,25-26H2;1H. The Balaban J connectivity index is 0.00000272.